The third-order valence-corrected chi connectivity index (χ3v) is 3.21. The average molecular weight is 218 g/mol. The van der Waals surface area contributed by atoms with Gasteiger partial charge in [0, 0.05) is 6.42 Å². The van der Waals surface area contributed by atoms with Crippen molar-refractivity contribution < 1.29 is 4.79 Å². The van der Waals surface area contributed by atoms with Crippen molar-refractivity contribution in [3.8, 4) is 0 Å². The summed E-state index contributed by atoms with van der Waals surface area (Å²) in [7, 11) is 0. The van der Waals surface area contributed by atoms with Crippen molar-refractivity contribution in [2.24, 2.45) is 5.84 Å². The maximum absolute atomic E-state index is 11.0. The molecule has 0 saturated carbocycles. The van der Waals surface area contributed by atoms with Gasteiger partial charge in [-0.05, 0) is 48.8 Å². The lowest BCUT2D eigenvalue weighted by Crippen LogP contribution is -2.30. The molecular formula is C13H18N2O. The highest BCUT2D eigenvalue weighted by Crippen LogP contribution is 2.22. The Morgan fingerprint density at radius 1 is 1.25 bits per heavy atom. The van der Waals surface area contributed by atoms with Crippen LogP contribution in [0.3, 0.4) is 0 Å². The molecule has 0 bridgehead atoms. The second-order valence-corrected chi connectivity index (χ2v) is 4.38. The summed E-state index contributed by atoms with van der Waals surface area (Å²) in [6.07, 6.45) is 6.23. The van der Waals surface area contributed by atoms with Gasteiger partial charge in [0.15, 0.2) is 0 Å². The molecule has 0 atom stereocenters. The van der Waals surface area contributed by atoms with E-state index in [1.165, 1.54) is 42.4 Å². The molecule has 2 rings (SSSR count). The minimum absolute atomic E-state index is 0.0993. The number of rotatable bonds is 3. The molecule has 1 aromatic carbocycles. The number of hydrogen-bond donors (Lipinski definition) is 2. The topological polar surface area (TPSA) is 55.1 Å². The molecule has 0 aromatic heterocycles. The molecule has 3 N–H and O–H groups in total. The number of nitrogens with two attached hydrogens (primary N) is 1. The van der Waals surface area contributed by atoms with Crippen LogP contribution < -0.4 is 11.3 Å². The molecule has 86 valence electrons. The standard InChI is InChI=1S/C13H18N2O/c14-15-13(16)8-6-10-5-7-11-3-1-2-4-12(11)9-10/h5,7,9H,1-4,6,8,14H2,(H,15,16). The number of hydrazine groups is 1. The third kappa shape index (κ3) is 2.61. The number of carbonyl (C=O) groups is 1. The number of fused-ring (bicyclic) bond motifs is 1. The van der Waals surface area contributed by atoms with Crippen LogP contribution in [0.25, 0.3) is 0 Å². The molecule has 3 nitrogen and oxygen atoms in total. The Kier molecular flexibility index (Phi) is 3.57. The Labute approximate surface area is 96.0 Å². The zero-order valence-corrected chi connectivity index (χ0v) is 9.46. The highest BCUT2D eigenvalue weighted by atomic mass is 16.2. The van der Waals surface area contributed by atoms with E-state index in [4.69, 9.17) is 5.84 Å². The number of hydrogen-bond acceptors (Lipinski definition) is 2. The molecule has 0 saturated heterocycles. The monoisotopic (exact) mass is 218 g/mol. The molecule has 0 heterocycles. The molecule has 0 aliphatic heterocycles. The summed E-state index contributed by atoms with van der Waals surface area (Å²) in [5.41, 5.74) is 6.35. The van der Waals surface area contributed by atoms with Crippen molar-refractivity contribution >= 4 is 5.91 Å². The molecule has 0 spiro atoms. The summed E-state index contributed by atoms with van der Waals surface area (Å²) in [6, 6.07) is 6.59. The van der Waals surface area contributed by atoms with Gasteiger partial charge in [-0.3, -0.25) is 10.2 Å². The fourth-order valence-corrected chi connectivity index (χ4v) is 2.27. The largest absolute Gasteiger partial charge is 0.294 e. The van der Waals surface area contributed by atoms with Crippen molar-refractivity contribution in [1.82, 2.24) is 5.43 Å². The Hall–Kier alpha value is -1.35. The van der Waals surface area contributed by atoms with Crippen LogP contribution in [0.2, 0.25) is 0 Å². The van der Waals surface area contributed by atoms with Crippen molar-refractivity contribution in [3.05, 3.63) is 34.9 Å². The fraction of sp³-hybridized carbons (Fsp3) is 0.462. The molecule has 0 unspecified atom stereocenters. The average Bonchev–Trinajstić information content (AvgIpc) is 2.35. The summed E-state index contributed by atoms with van der Waals surface area (Å²) in [5, 5.41) is 0. The second-order valence-electron chi connectivity index (χ2n) is 4.38. The second kappa shape index (κ2) is 5.12. The van der Waals surface area contributed by atoms with Crippen LogP contribution in [-0.2, 0) is 24.1 Å². The maximum atomic E-state index is 11.0. The Balaban J connectivity index is 2.03. The summed E-state index contributed by atoms with van der Waals surface area (Å²) >= 11 is 0. The van der Waals surface area contributed by atoms with Crippen molar-refractivity contribution in [3.63, 3.8) is 0 Å². The Morgan fingerprint density at radius 2 is 2.00 bits per heavy atom. The first-order chi connectivity index (χ1) is 7.79. The van der Waals surface area contributed by atoms with Gasteiger partial charge < -0.3 is 0 Å². The Bertz CT molecular complexity index is 388. The van der Waals surface area contributed by atoms with Crippen LogP contribution in [0.4, 0.5) is 0 Å². The molecule has 1 aromatic rings. The summed E-state index contributed by atoms with van der Waals surface area (Å²) in [4.78, 5) is 11.0. The van der Waals surface area contributed by atoms with Gasteiger partial charge in [0.25, 0.3) is 0 Å². The normalized spacial score (nSPS) is 14.3. The van der Waals surface area contributed by atoms with E-state index in [2.05, 4.69) is 23.6 Å². The van der Waals surface area contributed by atoms with E-state index >= 15 is 0 Å². The number of nitrogens with one attached hydrogen (secondary N) is 1. The van der Waals surface area contributed by atoms with Crippen molar-refractivity contribution in [2.75, 3.05) is 0 Å². The van der Waals surface area contributed by atoms with Crippen LogP contribution in [0, 0.1) is 0 Å². The van der Waals surface area contributed by atoms with E-state index in [1.54, 1.807) is 0 Å². The van der Waals surface area contributed by atoms with Crippen LogP contribution in [0.1, 0.15) is 36.0 Å². The van der Waals surface area contributed by atoms with E-state index in [0.717, 1.165) is 6.42 Å². The van der Waals surface area contributed by atoms with E-state index in [1.807, 2.05) is 0 Å². The van der Waals surface area contributed by atoms with Crippen LogP contribution in [0.15, 0.2) is 18.2 Å². The van der Waals surface area contributed by atoms with Gasteiger partial charge in [-0.25, -0.2) is 5.84 Å². The predicted octanol–water partition coefficient (Wildman–Crippen LogP) is 1.49. The molecule has 0 radical (unpaired) electrons. The minimum Gasteiger partial charge on any atom is -0.294 e. The molecular weight excluding hydrogens is 200 g/mol. The van der Waals surface area contributed by atoms with Crippen molar-refractivity contribution in [2.45, 2.75) is 38.5 Å². The van der Waals surface area contributed by atoms with Gasteiger partial charge in [0.1, 0.15) is 0 Å². The van der Waals surface area contributed by atoms with Gasteiger partial charge in [-0.1, -0.05) is 18.2 Å². The van der Waals surface area contributed by atoms with E-state index in [0.29, 0.717) is 6.42 Å². The van der Waals surface area contributed by atoms with Crippen molar-refractivity contribution in [1.29, 1.82) is 0 Å². The minimum atomic E-state index is -0.0993. The van der Waals surface area contributed by atoms with Gasteiger partial charge >= 0.3 is 0 Å². The van der Waals surface area contributed by atoms with Gasteiger partial charge in [-0.15, -0.1) is 0 Å². The molecule has 1 amide bonds. The lowest BCUT2D eigenvalue weighted by molar-refractivity contribution is -0.121. The first kappa shape index (κ1) is 11.1. The number of aryl methyl sites for hydroxylation is 3. The highest BCUT2D eigenvalue weighted by molar-refractivity contribution is 5.75. The molecule has 1 aliphatic rings. The summed E-state index contributed by atoms with van der Waals surface area (Å²) < 4.78 is 0. The summed E-state index contributed by atoms with van der Waals surface area (Å²) in [6.45, 7) is 0. The van der Waals surface area contributed by atoms with Gasteiger partial charge in [0.05, 0.1) is 0 Å². The zero-order valence-electron chi connectivity index (χ0n) is 9.46. The van der Waals surface area contributed by atoms with Crippen LogP contribution in [-0.4, -0.2) is 5.91 Å². The number of amides is 1. The first-order valence-electron chi connectivity index (χ1n) is 5.90. The predicted molar refractivity (Wildman–Crippen MR) is 63.7 cm³/mol. The maximum Gasteiger partial charge on any atom is 0.234 e. The smallest absolute Gasteiger partial charge is 0.234 e. The SMILES string of the molecule is NNC(=O)CCc1ccc2c(c1)CCCC2. The first-order valence-corrected chi connectivity index (χ1v) is 5.90. The van der Waals surface area contributed by atoms with Gasteiger partial charge in [-0.2, -0.15) is 0 Å². The molecule has 3 heteroatoms. The fourth-order valence-electron chi connectivity index (χ4n) is 2.27. The summed E-state index contributed by atoms with van der Waals surface area (Å²) in [5.74, 6) is 4.95. The molecule has 1 aliphatic carbocycles. The molecule has 0 fully saturated rings. The highest BCUT2D eigenvalue weighted by Gasteiger charge is 2.09. The van der Waals surface area contributed by atoms with E-state index < -0.39 is 0 Å². The quantitative estimate of drug-likeness (QED) is 0.459. The third-order valence-electron chi connectivity index (χ3n) is 3.21. The Morgan fingerprint density at radius 3 is 2.75 bits per heavy atom. The van der Waals surface area contributed by atoms with Crippen LogP contribution >= 0.6 is 0 Å². The lowest BCUT2D eigenvalue weighted by atomic mass is 9.90. The van der Waals surface area contributed by atoms with E-state index in [-0.39, 0.29) is 5.91 Å². The van der Waals surface area contributed by atoms with E-state index in [9.17, 15) is 4.79 Å². The number of carbonyl (C=O) groups excluding carboxylic acids is 1. The lowest BCUT2D eigenvalue weighted by Gasteiger charge is -2.16. The zero-order chi connectivity index (χ0) is 11.4. The molecule has 16 heavy (non-hydrogen) atoms. The number of benzene rings is 1. The van der Waals surface area contributed by atoms with Gasteiger partial charge in [0.2, 0.25) is 5.91 Å². The van der Waals surface area contributed by atoms with Crippen LogP contribution in [0.5, 0.6) is 0 Å².